The van der Waals surface area contributed by atoms with E-state index in [4.69, 9.17) is 4.84 Å². The standard InChI is InChI=1S/C12H19NO/c1-8-6-9(2)12(10(3)7-8)11(4)13-14-5/h6-7,11,13H,1-5H3. The van der Waals surface area contributed by atoms with Crippen molar-refractivity contribution in [1.29, 1.82) is 0 Å². The van der Waals surface area contributed by atoms with E-state index in [0.717, 1.165) is 0 Å². The van der Waals surface area contributed by atoms with Crippen molar-refractivity contribution in [3.8, 4) is 0 Å². The molecule has 1 atom stereocenters. The molecule has 0 amide bonds. The lowest BCUT2D eigenvalue weighted by Crippen LogP contribution is -2.18. The van der Waals surface area contributed by atoms with Crippen LogP contribution in [0, 0.1) is 20.8 Å². The van der Waals surface area contributed by atoms with Gasteiger partial charge in [0, 0.05) is 0 Å². The van der Waals surface area contributed by atoms with Crippen molar-refractivity contribution >= 4 is 0 Å². The highest BCUT2D eigenvalue weighted by atomic mass is 16.6. The number of aryl methyl sites for hydroxylation is 3. The second-order valence-electron chi connectivity index (χ2n) is 3.86. The highest BCUT2D eigenvalue weighted by molar-refractivity contribution is 5.39. The fourth-order valence-electron chi connectivity index (χ4n) is 2.11. The smallest absolute Gasteiger partial charge is 0.0572 e. The molecule has 0 heterocycles. The predicted octanol–water partition coefficient (Wildman–Crippen LogP) is 2.82. The quantitative estimate of drug-likeness (QED) is 0.745. The third kappa shape index (κ3) is 2.34. The molecule has 1 unspecified atom stereocenters. The fourth-order valence-corrected chi connectivity index (χ4v) is 2.11. The van der Waals surface area contributed by atoms with E-state index >= 15 is 0 Å². The van der Waals surface area contributed by atoms with Gasteiger partial charge in [0.15, 0.2) is 0 Å². The zero-order valence-corrected chi connectivity index (χ0v) is 9.64. The molecule has 1 aromatic carbocycles. The second-order valence-corrected chi connectivity index (χ2v) is 3.86. The van der Waals surface area contributed by atoms with Crippen LogP contribution in [0.1, 0.15) is 35.2 Å². The van der Waals surface area contributed by atoms with Crippen molar-refractivity contribution < 1.29 is 4.84 Å². The van der Waals surface area contributed by atoms with Crippen LogP contribution in [-0.4, -0.2) is 7.11 Å². The van der Waals surface area contributed by atoms with Crippen LogP contribution in [0.2, 0.25) is 0 Å². The Labute approximate surface area is 86.2 Å². The van der Waals surface area contributed by atoms with Gasteiger partial charge in [-0.25, -0.2) is 0 Å². The highest BCUT2D eigenvalue weighted by Crippen LogP contribution is 2.22. The molecule has 0 aromatic heterocycles. The van der Waals surface area contributed by atoms with E-state index in [9.17, 15) is 0 Å². The largest absolute Gasteiger partial charge is 0.305 e. The molecule has 2 heteroatoms. The maximum atomic E-state index is 4.95. The minimum absolute atomic E-state index is 0.237. The molecule has 0 aliphatic carbocycles. The van der Waals surface area contributed by atoms with Crippen LogP contribution in [0.4, 0.5) is 0 Å². The second kappa shape index (κ2) is 4.58. The lowest BCUT2D eigenvalue weighted by molar-refractivity contribution is 0.0655. The minimum Gasteiger partial charge on any atom is -0.305 e. The van der Waals surface area contributed by atoms with Crippen molar-refractivity contribution in [2.75, 3.05) is 7.11 Å². The van der Waals surface area contributed by atoms with Crippen molar-refractivity contribution in [3.63, 3.8) is 0 Å². The third-order valence-corrected chi connectivity index (χ3v) is 2.47. The molecule has 2 nitrogen and oxygen atoms in total. The molecular formula is C12H19NO. The summed E-state index contributed by atoms with van der Waals surface area (Å²) in [4.78, 5) is 4.95. The summed E-state index contributed by atoms with van der Waals surface area (Å²) in [6.07, 6.45) is 0. The minimum atomic E-state index is 0.237. The van der Waals surface area contributed by atoms with E-state index < -0.39 is 0 Å². The van der Waals surface area contributed by atoms with E-state index in [1.807, 2.05) is 0 Å². The SMILES string of the molecule is CONC(C)c1c(C)cc(C)cc1C. The Balaban J connectivity index is 3.07. The number of nitrogens with one attached hydrogen (secondary N) is 1. The van der Waals surface area contributed by atoms with Crippen molar-refractivity contribution in [2.45, 2.75) is 33.7 Å². The van der Waals surface area contributed by atoms with Crippen LogP contribution in [0.15, 0.2) is 12.1 Å². The van der Waals surface area contributed by atoms with E-state index in [2.05, 4.69) is 45.3 Å². The summed E-state index contributed by atoms with van der Waals surface area (Å²) in [5.74, 6) is 0. The molecule has 14 heavy (non-hydrogen) atoms. The van der Waals surface area contributed by atoms with E-state index in [1.54, 1.807) is 7.11 Å². The van der Waals surface area contributed by atoms with E-state index in [0.29, 0.717) is 0 Å². The number of benzene rings is 1. The van der Waals surface area contributed by atoms with Crippen molar-refractivity contribution in [2.24, 2.45) is 0 Å². The number of hydrogen-bond donors (Lipinski definition) is 1. The van der Waals surface area contributed by atoms with Gasteiger partial charge in [-0.05, 0) is 44.4 Å². The first-order valence-corrected chi connectivity index (χ1v) is 4.92. The molecule has 0 bridgehead atoms. The molecule has 0 spiro atoms. The molecular weight excluding hydrogens is 174 g/mol. The van der Waals surface area contributed by atoms with E-state index in [-0.39, 0.29) is 6.04 Å². The summed E-state index contributed by atoms with van der Waals surface area (Å²) in [5.41, 5.74) is 8.25. The summed E-state index contributed by atoms with van der Waals surface area (Å²) < 4.78 is 0. The molecule has 0 saturated carbocycles. The molecule has 0 aliphatic rings. The average molecular weight is 193 g/mol. The van der Waals surface area contributed by atoms with Gasteiger partial charge >= 0.3 is 0 Å². The average Bonchev–Trinajstić information content (AvgIpc) is 2.01. The summed E-state index contributed by atoms with van der Waals surface area (Å²) in [6.45, 7) is 8.51. The molecule has 0 radical (unpaired) electrons. The van der Waals surface area contributed by atoms with Gasteiger partial charge in [0.05, 0.1) is 13.2 Å². The Morgan fingerprint density at radius 3 is 2.07 bits per heavy atom. The normalized spacial score (nSPS) is 12.9. The first kappa shape index (κ1) is 11.2. The summed E-state index contributed by atoms with van der Waals surface area (Å²) in [7, 11) is 1.65. The summed E-state index contributed by atoms with van der Waals surface area (Å²) in [5, 5.41) is 0. The predicted molar refractivity (Wildman–Crippen MR) is 59.2 cm³/mol. The van der Waals surface area contributed by atoms with Gasteiger partial charge in [-0.1, -0.05) is 17.7 Å². The topological polar surface area (TPSA) is 21.3 Å². The number of hydrogen-bond acceptors (Lipinski definition) is 2. The van der Waals surface area contributed by atoms with Gasteiger partial charge in [0.25, 0.3) is 0 Å². The van der Waals surface area contributed by atoms with Gasteiger partial charge in [-0.15, -0.1) is 0 Å². The molecule has 0 fully saturated rings. The van der Waals surface area contributed by atoms with Gasteiger partial charge < -0.3 is 4.84 Å². The molecule has 0 saturated heterocycles. The summed E-state index contributed by atoms with van der Waals surface area (Å²) in [6, 6.07) is 4.65. The Hall–Kier alpha value is -0.860. The van der Waals surface area contributed by atoms with Gasteiger partial charge in [0.2, 0.25) is 0 Å². The lowest BCUT2D eigenvalue weighted by atomic mass is 9.95. The molecule has 1 rings (SSSR count). The maximum absolute atomic E-state index is 4.95. The lowest BCUT2D eigenvalue weighted by Gasteiger charge is -2.18. The van der Waals surface area contributed by atoms with Crippen LogP contribution >= 0.6 is 0 Å². The van der Waals surface area contributed by atoms with Crippen LogP contribution in [0.25, 0.3) is 0 Å². The molecule has 78 valence electrons. The molecule has 1 N–H and O–H groups in total. The Bertz CT molecular complexity index is 297. The van der Waals surface area contributed by atoms with Crippen LogP contribution in [0.3, 0.4) is 0 Å². The van der Waals surface area contributed by atoms with Gasteiger partial charge in [-0.2, -0.15) is 5.48 Å². The van der Waals surface area contributed by atoms with E-state index in [1.165, 1.54) is 22.3 Å². The van der Waals surface area contributed by atoms with Gasteiger partial charge in [0.1, 0.15) is 0 Å². The van der Waals surface area contributed by atoms with Gasteiger partial charge in [-0.3, -0.25) is 0 Å². The number of rotatable bonds is 3. The Morgan fingerprint density at radius 1 is 1.14 bits per heavy atom. The highest BCUT2D eigenvalue weighted by Gasteiger charge is 2.10. The first-order valence-electron chi connectivity index (χ1n) is 4.92. The van der Waals surface area contributed by atoms with Crippen LogP contribution in [-0.2, 0) is 4.84 Å². The molecule has 0 aliphatic heterocycles. The fraction of sp³-hybridized carbons (Fsp3) is 0.500. The zero-order chi connectivity index (χ0) is 10.7. The Kier molecular flexibility index (Phi) is 3.67. The molecule has 1 aromatic rings. The maximum Gasteiger partial charge on any atom is 0.0572 e. The van der Waals surface area contributed by atoms with Crippen LogP contribution < -0.4 is 5.48 Å². The number of hydroxylamine groups is 1. The first-order chi connectivity index (χ1) is 6.56. The third-order valence-electron chi connectivity index (χ3n) is 2.47. The van der Waals surface area contributed by atoms with Crippen molar-refractivity contribution in [1.82, 2.24) is 5.48 Å². The van der Waals surface area contributed by atoms with Crippen LogP contribution in [0.5, 0.6) is 0 Å². The zero-order valence-electron chi connectivity index (χ0n) is 9.64. The van der Waals surface area contributed by atoms with Crippen molar-refractivity contribution in [3.05, 3.63) is 34.4 Å². The summed E-state index contributed by atoms with van der Waals surface area (Å²) >= 11 is 0. The monoisotopic (exact) mass is 193 g/mol. The Morgan fingerprint density at radius 2 is 1.64 bits per heavy atom.